The lowest BCUT2D eigenvalue weighted by Gasteiger charge is -2.33. The van der Waals surface area contributed by atoms with Crippen LogP contribution in [0, 0.1) is 6.92 Å². The summed E-state index contributed by atoms with van der Waals surface area (Å²) in [7, 11) is -3.81. The van der Waals surface area contributed by atoms with Crippen molar-refractivity contribution in [2.24, 2.45) is 0 Å². The van der Waals surface area contributed by atoms with Gasteiger partial charge in [-0.15, -0.1) is 0 Å². The molecule has 124 valence electrons. The summed E-state index contributed by atoms with van der Waals surface area (Å²) in [5.41, 5.74) is -1.22. The number of hydrogen-bond acceptors (Lipinski definition) is 4. The second-order valence-electron chi connectivity index (χ2n) is 5.12. The average Bonchev–Trinajstić information content (AvgIpc) is 2.46. The molecule has 0 aliphatic carbocycles. The van der Waals surface area contributed by atoms with Crippen LogP contribution in [0.5, 0.6) is 0 Å². The van der Waals surface area contributed by atoms with Gasteiger partial charge in [-0.05, 0) is 25.6 Å². The van der Waals surface area contributed by atoms with Gasteiger partial charge in [-0.2, -0.15) is 17.5 Å². The summed E-state index contributed by atoms with van der Waals surface area (Å²) in [5, 5.41) is 0. The van der Waals surface area contributed by atoms with Crippen LogP contribution < -0.4 is 0 Å². The third kappa shape index (κ3) is 3.41. The standard InChI is InChI=1S/C13H18F3N3O2S/c1-3-18-6-8-19(9-7-18)22(20,21)11-4-5-12(13(14,15)16)17-10(11)2/h4-5H,3,6-9H2,1-2H3. The first-order chi connectivity index (χ1) is 10.2. The maximum Gasteiger partial charge on any atom is 0.433 e. The molecule has 1 saturated heterocycles. The van der Waals surface area contributed by atoms with Crippen LogP contribution in [0.4, 0.5) is 13.2 Å². The second-order valence-corrected chi connectivity index (χ2v) is 7.02. The van der Waals surface area contributed by atoms with E-state index in [1.54, 1.807) is 0 Å². The van der Waals surface area contributed by atoms with Crippen molar-refractivity contribution in [3.8, 4) is 0 Å². The Morgan fingerprint density at radius 2 is 1.77 bits per heavy atom. The number of sulfonamides is 1. The van der Waals surface area contributed by atoms with E-state index in [0.29, 0.717) is 32.2 Å². The maximum atomic E-state index is 12.6. The lowest BCUT2D eigenvalue weighted by atomic mass is 10.3. The minimum absolute atomic E-state index is 0.132. The molecular weight excluding hydrogens is 319 g/mol. The lowest BCUT2D eigenvalue weighted by Crippen LogP contribution is -2.48. The number of rotatable bonds is 3. The second kappa shape index (κ2) is 6.13. The van der Waals surface area contributed by atoms with Gasteiger partial charge in [0.15, 0.2) is 0 Å². The number of aromatic nitrogens is 1. The summed E-state index contributed by atoms with van der Waals surface area (Å²) in [6.07, 6.45) is -4.58. The molecule has 1 fully saturated rings. The highest BCUT2D eigenvalue weighted by Gasteiger charge is 2.35. The van der Waals surface area contributed by atoms with Crippen LogP contribution in [0.3, 0.4) is 0 Å². The van der Waals surface area contributed by atoms with Crippen molar-refractivity contribution < 1.29 is 21.6 Å². The van der Waals surface area contributed by atoms with Gasteiger partial charge < -0.3 is 4.90 Å². The average molecular weight is 337 g/mol. The molecule has 2 rings (SSSR count). The quantitative estimate of drug-likeness (QED) is 0.843. The summed E-state index contributed by atoms with van der Waals surface area (Å²) in [6, 6.07) is 1.70. The fourth-order valence-electron chi connectivity index (χ4n) is 2.40. The van der Waals surface area contributed by atoms with Gasteiger partial charge in [-0.25, -0.2) is 13.4 Å². The van der Waals surface area contributed by atoms with E-state index in [1.165, 1.54) is 11.2 Å². The molecule has 1 aliphatic heterocycles. The molecule has 0 N–H and O–H groups in total. The van der Waals surface area contributed by atoms with E-state index in [4.69, 9.17) is 0 Å². The van der Waals surface area contributed by atoms with Crippen molar-refractivity contribution in [3.05, 3.63) is 23.5 Å². The highest BCUT2D eigenvalue weighted by Crippen LogP contribution is 2.29. The zero-order valence-corrected chi connectivity index (χ0v) is 13.2. The van der Waals surface area contributed by atoms with Gasteiger partial charge in [0, 0.05) is 26.2 Å². The molecule has 0 bridgehead atoms. The Bertz CT molecular complexity index is 638. The molecule has 0 saturated carbocycles. The summed E-state index contributed by atoms with van der Waals surface area (Å²) in [5.74, 6) is 0. The maximum absolute atomic E-state index is 12.6. The Morgan fingerprint density at radius 3 is 2.23 bits per heavy atom. The fraction of sp³-hybridized carbons (Fsp3) is 0.615. The monoisotopic (exact) mass is 337 g/mol. The van der Waals surface area contributed by atoms with Gasteiger partial charge in [0.05, 0.1) is 5.69 Å². The van der Waals surface area contributed by atoms with Crippen LogP contribution in [0.2, 0.25) is 0 Å². The van der Waals surface area contributed by atoms with Gasteiger partial charge in [0.1, 0.15) is 10.6 Å². The number of nitrogens with zero attached hydrogens (tertiary/aromatic N) is 3. The van der Waals surface area contributed by atoms with E-state index in [-0.39, 0.29) is 10.6 Å². The predicted molar refractivity (Wildman–Crippen MR) is 74.8 cm³/mol. The molecule has 2 heterocycles. The smallest absolute Gasteiger partial charge is 0.301 e. The summed E-state index contributed by atoms with van der Waals surface area (Å²) in [4.78, 5) is 5.35. The van der Waals surface area contributed by atoms with Crippen LogP contribution in [0.1, 0.15) is 18.3 Å². The fourth-order valence-corrected chi connectivity index (χ4v) is 3.99. The molecule has 0 radical (unpaired) electrons. The Kier molecular flexibility index (Phi) is 4.78. The molecule has 1 aromatic rings. The topological polar surface area (TPSA) is 53.5 Å². The van der Waals surface area contributed by atoms with Crippen LogP contribution in [0.25, 0.3) is 0 Å². The Balaban J connectivity index is 2.27. The molecule has 0 amide bonds. The van der Waals surface area contributed by atoms with E-state index in [9.17, 15) is 21.6 Å². The summed E-state index contributed by atoms with van der Waals surface area (Å²) >= 11 is 0. The first-order valence-electron chi connectivity index (χ1n) is 6.93. The van der Waals surface area contributed by atoms with Crippen molar-refractivity contribution in [1.82, 2.24) is 14.2 Å². The molecule has 0 unspecified atom stereocenters. The van der Waals surface area contributed by atoms with Crippen molar-refractivity contribution in [2.45, 2.75) is 24.9 Å². The first-order valence-corrected chi connectivity index (χ1v) is 8.37. The van der Waals surface area contributed by atoms with Gasteiger partial charge in [-0.1, -0.05) is 6.92 Å². The van der Waals surface area contributed by atoms with Crippen molar-refractivity contribution >= 4 is 10.0 Å². The number of halogens is 3. The molecule has 22 heavy (non-hydrogen) atoms. The summed E-state index contributed by atoms with van der Waals surface area (Å²) < 4.78 is 64.2. The number of hydrogen-bond donors (Lipinski definition) is 0. The van der Waals surface area contributed by atoms with E-state index >= 15 is 0 Å². The SMILES string of the molecule is CCN1CCN(S(=O)(=O)c2ccc(C(F)(F)F)nc2C)CC1. The number of piperazine rings is 1. The van der Waals surface area contributed by atoms with Crippen LogP contribution >= 0.6 is 0 Å². The lowest BCUT2D eigenvalue weighted by molar-refractivity contribution is -0.141. The van der Waals surface area contributed by atoms with E-state index in [0.717, 1.165) is 12.6 Å². The molecule has 5 nitrogen and oxygen atoms in total. The first kappa shape index (κ1) is 17.2. The van der Waals surface area contributed by atoms with Crippen molar-refractivity contribution in [3.63, 3.8) is 0 Å². The Morgan fingerprint density at radius 1 is 1.18 bits per heavy atom. The van der Waals surface area contributed by atoms with Gasteiger partial charge in [-0.3, -0.25) is 0 Å². The van der Waals surface area contributed by atoms with Gasteiger partial charge in [0.25, 0.3) is 0 Å². The molecular formula is C13H18F3N3O2S. The zero-order valence-electron chi connectivity index (χ0n) is 12.4. The Hall–Kier alpha value is -1.19. The third-order valence-corrected chi connectivity index (χ3v) is 5.76. The molecule has 0 aromatic carbocycles. The zero-order chi connectivity index (χ0) is 16.5. The third-order valence-electron chi connectivity index (χ3n) is 3.72. The van der Waals surface area contributed by atoms with Crippen molar-refractivity contribution in [1.29, 1.82) is 0 Å². The van der Waals surface area contributed by atoms with E-state index in [1.807, 2.05) is 6.92 Å². The van der Waals surface area contributed by atoms with E-state index in [2.05, 4.69) is 9.88 Å². The van der Waals surface area contributed by atoms with Crippen LogP contribution in [0.15, 0.2) is 17.0 Å². The number of alkyl halides is 3. The van der Waals surface area contributed by atoms with E-state index < -0.39 is 21.9 Å². The van der Waals surface area contributed by atoms with Crippen LogP contribution in [-0.2, 0) is 16.2 Å². The Labute approximate surface area is 127 Å². The highest BCUT2D eigenvalue weighted by molar-refractivity contribution is 7.89. The molecule has 1 aromatic heterocycles. The number of pyridine rings is 1. The molecule has 1 aliphatic rings. The normalized spacial score (nSPS) is 18.6. The van der Waals surface area contributed by atoms with Gasteiger partial charge >= 0.3 is 6.18 Å². The van der Waals surface area contributed by atoms with Crippen LogP contribution in [-0.4, -0.2) is 55.3 Å². The van der Waals surface area contributed by atoms with Gasteiger partial charge in [0.2, 0.25) is 10.0 Å². The summed E-state index contributed by atoms with van der Waals surface area (Å²) in [6.45, 7) is 6.01. The molecule has 0 atom stereocenters. The minimum atomic E-state index is -4.58. The highest BCUT2D eigenvalue weighted by atomic mass is 32.2. The van der Waals surface area contributed by atoms with Crippen molar-refractivity contribution in [2.75, 3.05) is 32.7 Å². The predicted octanol–water partition coefficient (Wildman–Crippen LogP) is 1.74. The largest absolute Gasteiger partial charge is 0.433 e. The minimum Gasteiger partial charge on any atom is -0.301 e. The molecule has 0 spiro atoms. The number of likely N-dealkylation sites (N-methyl/N-ethyl adjacent to an activating group) is 1. The number of aryl methyl sites for hydroxylation is 1. The molecule has 9 heteroatoms.